The van der Waals surface area contributed by atoms with Gasteiger partial charge in [-0.25, -0.2) is 0 Å². The Morgan fingerprint density at radius 2 is 1.90 bits per heavy atom. The second-order valence-electron chi connectivity index (χ2n) is 5.25. The molecule has 0 bridgehead atoms. The largest absolute Gasteiger partial charge is 0.361 e. The minimum atomic E-state index is -0.0642. The zero-order valence-electron chi connectivity index (χ0n) is 12.9. The van der Waals surface area contributed by atoms with Crippen molar-refractivity contribution in [2.24, 2.45) is 0 Å². The van der Waals surface area contributed by atoms with E-state index in [0.717, 1.165) is 35.7 Å². The number of hydrogen-bond donors (Lipinski definition) is 1. The molecule has 1 aromatic carbocycles. The Labute approximate surface area is 124 Å². The maximum Gasteiger partial charge on any atom is 0.251 e. The molecule has 5 nitrogen and oxygen atoms in total. The van der Waals surface area contributed by atoms with E-state index < -0.39 is 0 Å². The number of benzene rings is 1. The first-order valence-electron chi connectivity index (χ1n) is 6.92. The Morgan fingerprint density at radius 3 is 2.43 bits per heavy atom. The highest BCUT2D eigenvalue weighted by atomic mass is 16.5. The number of aryl methyl sites for hydroxylation is 2. The molecule has 0 atom stereocenters. The SMILES string of the molecule is CNC(=O)c1ccc(CN(C)Cc2c(C)noc2C)cc1. The van der Waals surface area contributed by atoms with E-state index in [-0.39, 0.29) is 5.91 Å². The van der Waals surface area contributed by atoms with Crippen LogP contribution in [-0.2, 0) is 13.1 Å². The Morgan fingerprint density at radius 1 is 1.24 bits per heavy atom. The summed E-state index contributed by atoms with van der Waals surface area (Å²) in [7, 11) is 3.69. The van der Waals surface area contributed by atoms with E-state index in [9.17, 15) is 4.79 Å². The van der Waals surface area contributed by atoms with Crippen LogP contribution >= 0.6 is 0 Å². The molecule has 1 heterocycles. The molecule has 5 heteroatoms. The van der Waals surface area contributed by atoms with Gasteiger partial charge in [-0.05, 0) is 38.6 Å². The van der Waals surface area contributed by atoms with Gasteiger partial charge in [-0.2, -0.15) is 0 Å². The van der Waals surface area contributed by atoms with Gasteiger partial charge in [0.05, 0.1) is 5.69 Å². The maximum absolute atomic E-state index is 11.5. The zero-order valence-corrected chi connectivity index (χ0v) is 12.9. The molecular formula is C16H21N3O2. The monoisotopic (exact) mass is 287 g/mol. The number of amides is 1. The standard InChI is InChI=1S/C16H21N3O2/c1-11-15(12(2)21-18-11)10-19(4)9-13-5-7-14(8-6-13)16(20)17-3/h5-8H,9-10H2,1-4H3,(H,17,20). The lowest BCUT2D eigenvalue weighted by Crippen LogP contribution is -2.19. The number of nitrogens with zero attached hydrogens (tertiary/aromatic N) is 2. The van der Waals surface area contributed by atoms with Crippen molar-refractivity contribution in [3.63, 3.8) is 0 Å². The molecule has 0 aliphatic rings. The van der Waals surface area contributed by atoms with E-state index in [0.29, 0.717) is 5.56 Å². The number of nitrogens with one attached hydrogen (secondary N) is 1. The van der Waals surface area contributed by atoms with Crippen LogP contribution in [0.25, 0.3) is 0 Å². The highest BCUT2D eigenvalue weighted by molar-refractivity contribution is 5.93. The summed E-state index contributed by atoms with van der Waals surface area (Å²) < 4.78 is 5.18. The fraction of sp³-hybridized carbons (Fsp3) is 0.375. The van der Waals surface area contributed by atoms with Crippen molar-refractivity contribution in [2.75, 3.05) is 14.1 Å². The minimum Gasteiger partial charge on any atom is -0.361 e. The molecule has 0 spiro atoms. The lowest BCUT2D eigenvalue weighted by Gasteiger charge is -2.16. The minimum absolute atomic E-state index is 0.0642. The van der Waals surface area contributed by atoms with Gasteiger partial charge in [0.25, 0.3) is 5.91 Å². The summed E-state index contributed by atoms with van der Waals surface area (Å²) in [6.45, 7) is 5.48. The van der Waals surface area contributed by atoms with E-state index in [2.05, 4.69) is 22.4 Å². The van der Waals surface area contributed by atoms with Crippen LogP contribution in [0.5, 0.6) is 0 Å². The molecule has 2 rings (SSSR count). The van der Waals surface area contributed by atoms with E-state index in [1.807, 2.05) is 38.1 Å². The van der Waals surface area contributed by atoms with Crippen LogP contribution in [0.2, 0.25) is 0 Å². The van der Waals surface area contributed by atoms with Crippen molar-refractivity contribution in [1.82, 2.24) is 15.4 Å². The molecule has 0 saturated carbocycles. The Balaban J connectivity index is 1.99. The summed E-state index contributed by atoms with van der Waals surface area (Å²) in [6, 6.07) is 7.65. The molecule has 0 aliphatic heterocycles. The maximum atomic E-state index is 11.5. The van der Waals surface area contributed by atoms with E-state index >= 15 is 0 Å². The fourth-order valence-electron chi connectivity index (χ4n) is 2.27. The molecule has 2 aromatic rings. The summed E-state index contributed by atoms with van der Waals surface area (Å²) in [5, 5.41) is 6.59. The molecule has 1 N–H and O–H groups in total. The first-order chi connectivity index (χ1) is 10.0. The second kappa shape index (κ2) is 6.54. The average Bonchev–Trinajstić information content (AvgIpc) is 2.79. The first-order valence-corrected chi connectivity index (χ1v) is 6.92. The first kappa shape index (κ1) is 15.3. The highest BCUT2D eigenvalue weighted by Crippen LogP contribution is 2.16. The number of hydrogen-bond acceptors (Lipinski definition) is 4. The van der Waals surface area contributed by atoms with Gasteiger partial charge in [0.2, 0.25) is 0 Å². The molecule has 112 valence electrons. The van der Waals surface area contributed by atoms with Crippen LogP contribution in [-0.4, -0.2) is 30.1 Å². The van der Waals surface area contributed by atoms with Crippen molar-refractivity contribution in [1.29, 1.82) is 0 Å². The lowest BCUT2D eigenvalue weighted by atomic mass is 10.1. The second-order valence-corrected chi connectivity index (χ2v) is 5.25. The molecule has 0 aliphatic carbocycles. The Bertz CT molecular complexity index is 597. The smallest absolute Gasteiger partial charge is 0.251 e. The molecular weight excluding hydrogens is 266 g/mol. The average molecular weight is 287 g/mol. The predicted molar refractivity (Wildman–Crippen MR) is 81.0 cm³/mol. The third kappa shape index (κ3) is 3.70. The van der Waals surface area contributed by atoms with Crippen LogP contribution in [0.15, 0.2) is 28.8 Å². The zero-order chi connectivity index (χ0) is 15.4. The number of carbonyl (C=O) groups excluding carboxylic acids is 1. The van der Waals surface area contributed by atoms with Crippen LogP contribution in [0.3, 0.4) is 0 Å². The predicted octanol–water partition coefficient (Wildman–Crippen LogP) is 2.28. The number of carbonyl (C=O) groups is 1. The third-order valence-electron chi connectivity index (χ3n) is 3.50. The van der Waals surface area contributed by atoms with Crippen LogP contribution in [0.1, 0.15) is 32.9 Å². The topological polar surface area (TPSA) is 58.4 Å². The summed E-state index contributed by atoms with van der Waals surface area (Å²) >= 11 is 0. The van der Waals surface area contributed by atoms with Gasteiger partial charge < -0.3 is 9.84 Å². The van der Waals surface area contributed by atoms with Crippen LogP contribution in [0.4, 0.5) is 0 Å². The van der Waals surface area contributed by atoms with Crippen molar-refractivity contribution < 1.29 is 9.32 Å². The van der Waals surface area contributed by atoms with Gasteiger partial charge in [0, 0.05) is 31.3 Å². The summed E-state index contributed by atoms with van der Waals surface area (Å²) in [6.07, 6.45) is 0. The van der Waals surface area contributed by atoms with Crippen LogP contribution < -0.4 is 5.32 Å². The molecule has 21 heavy (non-hydrogen) atoms. The van der Waals surface area contributed by atoms with Crippen molar-refractivity contribution in [2.45, 2.75) is 26.9 Å². The van der Waals surface area contributed by atoms with Gasteiger partial charge in [0.1, 0.15) is 5.76 Å². The number of aromatic nitrogens is 1. The summed E-state index contributed by atoms with van der Waals surface area (Å²) in [5.41, 5.74) is 3.92. The fourth-order valence-corrected chi connectivity index (χ4v) is 2.27. The third-order valence-corrected chi connectivity index (χ3v) is 3.50. The molecule has 1 amide bonds. The van der Waals surface area contributed by atoms with Crippen LogP contribution in [0, 0.1) is 13.8 Å². The molecule has 0 saturated heterocycles. The van der Waals surface area contributed by atoms with E-state index in [4.69, 9.17) is 4.52 Å². The Kier molecular flexibility index (Phi) is 4.75. The lowest BCUT2D eigenvalue weighted by molar-refractivity contribution is 0.0963. The summed E-state index contributed by atoms with van der Waals surface area (Å²) in [5.74, 6) is 0.806. The normalized spacial score (nSPS) is 10.9. The highest BCUT2D eigenvalue weighted by Gasteiger charge is 2.12. The van der Waals surface area contributed by atoms with Crippen molar-refractivity contribution >= 4 is 5.91 Å². The van der Waals surface area contributed by atoms with Crippen molar-refractivity contribution in [3.05, 3.63) is 52.4 Å². The number of rotatable bonds is 5. The molecule has 0 unspecified atom stereocenters. The Hall–Kier alpha value is -2.14. The van der Waals surface area contributed by atoms with Gasteiger partial charge in [-0.3, -0.25) is 9.69 Å². The van der Waals surface area contributed by atoms with E-state index in [1.54, 1.807) is 7.05 Å². The quantitative estimate of drug-likeness (QED) is 0.916. The van der Waals surface area contributed by atoms with Gasteiger partial charge in [-0.15, -0.1) is 0 Å². The van der Waals surface area contributed by atoms with E-state index in [1.165, 1.54) is 0 Å². The van der Waals surface area contributed by atoms with Gasteiger partial charge in [-0.1, -0.05) is 17.3 Å². The van der Waals surface area contributed by atoms with Crippen molar-refractivity contribution in [3.8, 4) is 0 Å². The molecule has 0 fully saturated rings. The summed E-state index contributed by atoms with van der Waals surface area (Å²) in [4.78, 5) is 13.7. The van der Waals surface area contributed by atoms with Gasteiger partial charge >= 0.3 is 0 Å². The molecule has 0 radical (unpaired) electrons. The molecule has 1 aromatic heterocycles. The van der Waals surface area contributed by atoms with Gasteiger partial charge in [0.15, 0.2) is 0 Å².